The van der Waals surface area contributed by atoms with Gasteiger partial charge in [-0.15, -0.1) is 0 Å². The molecule has 8 bridgehead atoms. The number of aromatic nitrogens is 4. The highest BCUT2D eigenvalue weighted by Crippen LogP contribution is 2.33. The highest BCUT2D eigenvalue weighted by Gasteiger charge is 2.25. The topological polar surface area (TPSA) is 338 Å². The third kappa shape index (κ3) is 4.78. The average molecular weight is 611 g/mol. The molecule has 45 heavy (non-hydrogen) atoms. The first-order valence-electron chi connectivity index (χ1n) is 11.9. The number of nitrogens with zero attached hydrogens (tertiary/aromatic N) is 2. The van der Waals surface area contributed by atoms with E-state index in [0.29, 0.717) is 18.2 Å². The predicted octanol–water partition coefficient (Wildman–Crippen LogP) is -7.53. The number of carbonyl (C=O) groups excluding carboxylic acids is 7. The monoisotopic (exact) mass is 611 g/mol. The number of H-pyrrole nitrogens is 2. The molecule has 0 radical (unpaired) electrons. The number of fused-ring (bicyclic) bond motifs is 8. The summed E-state index contributed by atoms with van der Waals surface area (Å²) in [6, 6.07) is 2.64. The Morgan fingerprint density at radius 1 is 0.444 bits per heavy atom. The van der Waals surface area contributed by atoms with Crippen LogP contribution < -0.4 is 35.7 Å². The van der Waals surface area contributed by atoms with E-state index >= 15 is 0 Å². The lowest BCUT2D eigenvalue weighted by Gasteiger charge is -2.10. The van der Waals surface area contributed by atoms with Crippen molar-refractivity contribution in [3.05, 3.63) is 69.3 Å². The van der Waals surface area contributed by atoms with Gasteiger partial charge in [-0.25, -0.2) is 9.97 Å². The van der Waals surface area contributed by atoms with Crippen molar-refractivity contribution in [2.24, 2.45) is 0 Å². The molecule has 2 N–H and O–H groups in total. The second kappa shape index (κ2) is 10.3. The molecule has 5 heterocycles. The Bertz CT molecular complexity index is 2220. The zero-order valence-corrected chi connectivity index (χ0v) is 21.5. The standard InChI is InChI=1S/C27H14N4O14/c32-21(33)7-1-6-2-9-15(22(34)35)17(24(38)39)11(29-9)4-13-19(26(42)43)20(27(44)45)14(31-13)5-12-18(25(40)41)16(23(36)37)10(30-12)3-8(7)28-6/h1-5,29-30H,(H,32,33)(H,34,35)(H,36,37)(H,38,39)(H,40,41)(H,42,43)(H,44,45)/p-7. The molecule has 0 amide bonds. The van der Waals surface area contributed by atoms with Gasteiger partial charge < -0.3 is 79.3 Å². The molecule has 3 aromatic heterocycles. The van der Waals surface area contributed by atoms with Gasteiger partial charge in [0.1, 0.15) is 0 Å². The van der Waals surface area contributed by atoms with E-state index in [1.807, 2.05) is 0 Å². The molecule has 0 fully saturated rings. The first-order valence-corrected chi connectivity index (χ1v) is 11.9. The van der Waals surface area contributed by atoms with Crippen molar-refractivity contribution in [3.8, 4) is 0 Å². The second-order valence-electron chi connectivity index (χ2n) is 9.11. The number of carbonyl (C=O) groups is 7. The van der Waals surface area contributed by atoms with Gasteiger partial charge in [-0.3, -0.25) is 0 Å². The number of carboxylic acid groups (broad SMARTS) is 7. The van der Waals surface area contributed by atoms with Gasteiger partial charge in [-0.2, -0.15) is 0 Å². The Labute approximate surface area is 245 Å². The van der Waals surface area contributed by atoms with Crippen LogP contribution in [0.3, 0.4) is 0 Å². The number of aromatic amines is 2. The van der Waals surface area contributed by atoms with Gasteiger partial charge in [0.05, 0.1) is 86.6 Å². The van der Waals surface area contributed by atoms with E-state index < -0.39 is 126 Å². The van der Waals surface area contributed by atoms with Crippen molar-refractivity contribution in [1.29, 1.82) is 0 Å². The summed E-state index contributed by atoms with van der Waals surface area (Å²) in [5.41, 5.74) is -13.3. The number of hydrogen-bond acceptors (Lipinski definition) is 16. The molecular formula is C27H7N4O14-7. The van der Waals surface area contributed by atoms with Crippen molar-refractivity contribution in [3.63, 3.8) is 0 Å². The molecule has 0 aliphatic carbocycles. The molecule has 226 valence electrons. The lowest BCUT2D eigenvalue weighted by molar-refractivity contribution is -0.299. The van der Waals surface area contributed by atoms with Gasteiger partial charge >= 0.3 is 0 Å². The van der Waals surface area contributed by atoms with Gasteiger partial charge in [-0.05, 0) is 30.3 Å². The number of hydrogen-bond donors (Lipinski definition) is 2. The highest BCUT2D eigenvalue weighted by molar-refractivity contribution is 6.36. The zero-order valence-electron chi connectivity index (χ0n) is 21.5. The number of carboxylic acids is 7. The third-order valence-electron chi connectivity index (χ3n) is 6.52. The van der Waals surface area contributed by atoms with Crippen LogP contribution in [0.5, 0.6) is 0 Å². The van der Waals surface area contributed by atoms with Crippen molar-refractivity contribution >= 4 is 86.6 Å². The minimum absolute atomic E-state index is 0.399. The molecular weight excluding hydrogens is 604 g/mol. The number of nitrogens with one attached hydrogen (secondary N) is 2. The quantitative estimate of drug-likeness (QED) is 0.250. The third-order valence-corrected chi connectivity index (χ3v) is 6.52. The van der Waals surface area contributed by atoms with Gasteiger partial charge in [0.25, 0.3) is 0 Å². The molecule has 3 aromatic rings. The summed E-state index contributed by atoms with van der Waals surface area (Å²) in [5.74, 6) is -14.9. The second-order valence-corrected chi connectivity index (χ2v) is 9.11. The van der Waals surface area contributed by atoms with Gasteiger partial charge in [0.15, 0.2) is 0 Å². The molecule has 2 aliphatic heterocycles. The fourth-order valence-electron chi connectivity index (χ4n) is 4.84. The van der Waals surface area contributed by atoms with Crippen molar-refractivity contribution in [2.75, 3.05) is 0 Å². The first-order chi connectivity index (χ1) is 21.1. The Kier molecular flexibility index (Phi) is 6.73. The highest BCUT2D eigenvalue weighted by atomic mass is 16.4. The minimum atomic E-state index is -2.22. The summed E-state index contributed by atoms with van der Waals surface area (Å²) in [6.07, 6.45) is 0.806. The van der Waals surface area contributed by atoms with Gasteiger partial charge in [0.2, 0.25) is 0 Å². The van der Waals surface area contributed by atoms with E-state index in [1.54, 1.807) is 0 Å². The van der Waals surface area contributed by atoms with Crippen LogP contribution in [0.1, 0.15) is 64.2 Å². The maximum Gasteiger partial charge on any atom is 0.0756 e. The van der Waals surface area contributed by atoms with Gasteiger partial charge in [0, 0.05) is 39.0 Å². The molecule has 18 nitrogen and oxygen atoms in total. The number of rotatable bonds is 7. The van der Waals surface area contributed by atoms with E-state index in [-0.39, 0.29) is 0 Å². The number of aromatic carboxylic acids is 4. The molecule has 0 atom stereocenters. The Morgan fingerprint density at radius 2 is 0.800 bits per heavy atom. The largest absolute Gasteiger partial charge is 0.545 e. The molecule has 5 rings (SSSR count). The fraction of sp³-hybridized carbons (Fsp3) is 0. The SMILES string of the molecule is O=C([O-])C1=Cc2cc3[nH]c(cc4nc(cc5[nH]c(cc1n2)c(C(=O)[O-])c5C(=O)[O-])C(C(=O)[O-])=C4C(=O)[O-])c(C(=O)[O-])c3C(=O)[O-]. The molecule has 0 aromatic carbocycles. The van der Waals surface area contributed by atoms with E-state index in [4.69, 9.17) is 0 Å². The van der Waals surface area contributed by atoms with Crippen LogP contribution in [0.4, 0.5) is 0 Å². The smallest absolute Gasteiger partial charge is 0.0756 e. The molecule has 0 saturated carbocycles. The van der Waals surface area contributed by atoms with Crippen LogP contribution in [0, 0.1) is 0 Å². The van der Waals surface area contributed by atoms with Crippen LogP contribution in [0.25, 0.3) is 44.9 Å². The average Bonchev–Trinajstić information content (AvgIpc) is 3.66. The Balaban J connectivity index is 2.14. The van der Waals surface area contributed by atoms with Crippen molar-refractivity contribution in [2.45, 2.75) is 0 Å². The minimum Gasteiger partial charge on any atom is -0.545 e. The molecule has 0 unspecified atom stereocenters. The summed E-state index contributed by atoms with van der Waals surface area (Å²) in [5, 5.41) is 84.0. The van der Waals surface area contributed by atoms with Crippen LogP contribution in [-0.4, -0.2) is 61.7 Å². The summed E-state index contributed by atoms with van der Waals surface area (Å²) >= 11 is 0. The predicted molar refractivity (Wildman–Crippen MR) is 128 cm³/mol. The molecule has 0 saturated heterocycles. The van der Waals surface area contributed by atoms with Gasteiger partial charge in [-0.1, -0.05) is 0 Å². The Morgan fingerprint density at radius 3 is 1.13 bits per heavy atom. The summed E-state index contributed by atoms with van der Waals surface area (Å²) in [7, 11) is 0. The molecule has 18 heteroatoms. The van der Waals surface area contributed by atoms with Crippen molar-refractivity contribution in [1.82, 2.24) is 19.9 Å². The summed E-state index contributed by atoms with van der Waals surface area (Å²) in [6.45, 7) is 0. The molecule has 0 spiro atoms. The van der Waals surface area contributed by atoms with E-state index in [9.17, 15) is 69.3 Å². The summed E-state index contributed by atoms with van der Waals surface area (Å²) in [4.78, 5) is 96.4. The van der Waals surface area contributed by atoms with Crippen LogP contribution in [0.2, 0.25) is 0 Å². The van der Waals surface area contributed by atoms with E-state index in [1.165, 1.54) is 0 Å². The molecule has 2 aliphatic rings. The Hall–Kier alpha value is -7.11. The zero-order chi connectivity index (χ0) is 33.1. The van der Waals surface area contributed by atoms with E-state index in [0.717, 1.165) is 12.1 Å². The fourth-order valence-corrected chi connectivity index (χ4v) is 4.84. The van der Waals surface area contributed by atoms with E-state index in [2.05, 4.69) is 19.9 Å². The van der Waals surface area contributed by atoms with Crippen LogP contribution in [-0.2, 0) is 14.4 Å². The lowest BCUT2D eigenvalue weighted by Crippen LogP contribution is -2.29. The lowest BCUT2D eigenvalue weighted by atomic mass is 10.0. The number of aliphatic carboxylic acids is 3. The normalized spacial score (nSPS) is 12.4. The van der Waals surface area contributed by atoms with Crippen LogP contribution in [0.15, 0.2) is 24.3 Å². The maximum absolute atomic E-state index is 12.1. The maximum atomic E-state index is 12.1. The first kappa shape index (κ1) is 29.4. The van der Waals surface area contributed by atoms with Crippen molar-refractivity contribution < 1.29 is 69.3 Å². The summed E-state index contributed by atoms with van der Waals surface area (Å²) < 4.78 is 0. The van der Waals surface area contributed by atoms with Crippen LogP contribution >= 0.6 is 0 Å².